The Balaban J connectivity index is 1.59. The van der Waals surface area contributed by atoms with Gasteiger partial charge in [0.1, 0.15) is 6.10 Å². The summed E-state index contributed by atoms with van der Waals surface area (Å²) in [5.41, 5.74) is 1.81. The molecule has 25 heavy (non-hydrogen) atoms. The van der Waals surface area contributed by atoms with Crippen LogP contribution in [0.2, 0.25) is 0 Å². The van der Waals surface area contributed by atoms with Crippen LogP contribution in [0.25, 0.3) is 0 Å². The van der Waals surface area contributed by atoms with Gasteiger partial charge in [-0.25, -0.2) is 9.59 Å². The number of hydrogen-bond acceptors (Lipinski definition) is 6. The minimum absolute atomic E-state index is 0.0162. The summed E-state index contributed by atoms with van der Waals surface area (Å²) in [5.74, 6) is -1.05. The van der Waals surface area contributed by atoms with Gasteiger partial charge in [-0.3, -0.25) is 0 Å². The van der Waals surface area contributed by atoms with E-state index in [1.165, 1.54) is 6.26 Å². The first-order chi connectivity index (χ1) is 11.8. The third kappa shape index (κ3) is 2.51. The van der Waals surface area contributed by atoms with E-state index in [4.69, 9.17) is 14.2 Å². The molecule has 0 amide bonds. The molecule has 4 rings (SSSR count). The summed E-state index contributed by atoms with van der Waals surface area (Å²) in [6.45, 7) is 5.95. The topological polar surface area (TPSA) is 82.1 Å². The molecule has 2 heterocycles. The van der Waals surface area contributed by atoms with Gasteiger partial charge in [0.25, 0.3) is 6.29 Å². The summed E-state index contributed by atoms with van der Waals surface area (Å²) >= 11 is 0. The molecule has 134 valence electrons. The summed E-state index contributed by atoms with van der Waals surface area (Å²) in [4.78, 5) is 23.7. The Morgan fingerprint density at radius 2 is 2.00 bits per heavy atom. The molecule has 2 fully saturated rings. The lowest BCUT2D eigenvalue weighted by atomic mass is 9.65. The lowest BCUT2D eigenvalue weighted by molar-refractivity contribution is -0.152. The molecule has 0 bridgehead atoms. The van der Waals surface area contributed by atoms with Crippen molar-refractivity contribution in [1.82, 2.24) is 0 Å². The van der Waals surface area contributed by atoms with Crippen molar-refractivity contribution in [3.63, 3.8) is 0 Å². The first-order valence-corrected chi connectivity index (χ1v) is 8.63. The molecule has 4 aliphatic rings. The summed E-state index contributed by atoms with van der Waals surface area (Å²) in [6, 6.07) is 0. The summed E-state index contributed by atoms with van der Waals surface area (Å²) in [6.07, 6.45) is 4.88. The smallest absolute Gasteiger partial charge is 0.338 e. The van der Waals surface area contributed by atoms with Gasteiger partial charge in [0, 0.05) is 17.6 Å². The third-order valence-corrected chi connectivity index (χ3v) is 5.80. The number of carbonyl (C=O) groups excluding carboxylic acids is 2. The van der Waals surface area contributed by atoms with Crippen molar-refractivity contribution in [3.8, 4) is 0 Å². The van der Waals surface area contributed by atoms with E-state index in [1.54, 1.807) is 13.0 Å². The molecule has 0 aromatic heterocycles. The Morgan fingerprint density at radius 1 is 1.24 bits per heavy atom. The summed E-state index contributed by atoms with van der Waals surface area (Å²) < 4.78 is 16.1. The number of hydrogen-bond donors (Lipinski definition) is 1. The zero-order valence-electron chi connectivity index (χ0n) is 14.5. The second kappa shape index (κ2) is 5.46. The minimum atomic E-state index is -0.815. The molecule has 0 spiro atoms. The van der Waals surface area contributed by atoms with Crippen LogP contribution >= 0.6 is 0 Å². The highest BCUT2D eigenvalue weighted by atomic mass is 16.7. The number of fused-ring (bicyclic) bond motifs is 3. The Morgan fingerprint density at radius 3 is 2.68 bits per heavy atom. The highest BCUT2D eigenvalue weighted by Crippen LogP contribution is 2.55. The maximum Gasteiger partial charge on any atom is 0.338 e. The fraction of sp³-hybridized carbons (Fsp3) is 0.579. The highest BCUT2D eigenvalue weighted by Gasteiger charge is 2.56. The minimum Gasteiger partial charge on any atom is -0.458 e. The number of cyclic esters (lactones) is 1. The Bertz CT molecular complexity index is 728. The number of esters is 2. The summed E-state index contributed by atoms with van der Waals surface area (Å²) in [5, 5.41) is 10.4. The SMILES string of the molecule is CC1=C[C@@H](O/C=C2/C(=O)O[C@@H]3[C@H]2C=C2[C@@H](O)CCC(C)(C)[C@@H]23)OC1=O. The molecule has 0 aromatic carbocycles. The average Bonchev–Trinajstić information content (AvgIpc) is 3.15. The average molecular weight is 346 g/mol. The van der Waals surface area contributed by atoms with Crippen molar-refractivity contribution in [3.05, 3.63) is 35.1 Å². The number of aliphatic hydroxyl groups is 1. The first kappa shape index (κ1) is 16.4. The van der Waals surface area contributed by atoms with Gasteiger partial charge in [-0.1, -0.05) is 19.9 Å². The van der Waals surface area contributed by atoms with Crippen LogP contribution in [0.5, 0.6) is 0 Å². The molecule has 2 aliphatic heterocycles. The molecule has 2 aliphatic carbocycles. The Hall–Kier alpha value is -2.08. The van der Waals surface area contributed by atoms with E-state index in [2.05, 4.69) is 13.8 Å². The van der Waals surface area contributed by atoms with Crippen LogP contribution in [0.1, 0.15) is 33.6 Å². The molecule has 0 aromatic rings. The number of carbonyl (C=O) groups is 2. The van der Waals surface area contributed by atoms with Crippen molar-refractivity contribution in [2.45, 2.75) is 52.1 Å². The number of rotatable bonds is 2. The Labute approximate surface area is 146 Å². The molecule has 1 saturated heterocycles. The fourth-order valence-corrected chi connectivity index (χ4v) is 4.42. The van der Waals surface area contributed by atoms with Gasteiger partial charge in [0.2, 0.25) is 0 Å². The highest BCUT2D eigenvalue weighted by molar-refractivity contribution is 5.92. The van der Waals surface area contributed by atoms with Gasteiger partial charge < -0.3 is 19.3 Å². The second-order valence-corrected chi connectivity index (χ2v) is 7.92. The van der Waals surface area contributed by atoms with Crippen molar-refractivity contribution < 1.29 is 28.9 Å². The van der Waals surface area contributed by atoms with Crippen LogP contribution in [-0.4, -0.2) is 35.5 Å². The van der Waals surface area contributed by atoms with Gasteiger partial charge in [0.15, 0.2) is 0 Å². The standard InChI is InChI=1S/C19H22O6/c1-9-6-14(24-17(9)21)23-8-12-10-7-11-13(20)4-5-19(2,3)15(11)16(10)25-18(12)22/h6-8,10,13-16,20H,4-5H2,1-3H3/b12-8+/t10-,13-,14-,15-,16+/m0/s1. The largest absolute Gasteiger partial charge is 0.458 e. The fourth-order valence-electron chi connectivity index (χ4n) is 4.42. The molecular weight excluding hydrogens is 324 g/mol. The van der Waals surface area contributed by atoms with E-state index in [0.717, 1.165) is 18.4 Å². The van der Waals surface area contributed by atoms with Crippen molar-refractivity contribution in [2.24, 2.45) is 17.3 Å². The van der Waals surface area contributed by atoms with E-state index in [9.17, 15) is 14.7 Å². The van der Waals surface area contributed by atoms with E-state index >= 15 is 0 Å². The quantitative estimate of drug-likeness (QED) is 0.356. The zero-order valence-corrected chi connectivity index (χ0v) is 14.5. The van der Waals surface area contributed by atoms with Crippen molar-refractivity contribution in [1.29, 1.82) is 0 Å². The maximum absolute atomic E-state index is 12.3. The predicted octanol–water partition coefficient (Wildman–Crippen LogP) is 1.99. The van der Waals surface area contributed by atoms with E-state index < -0.39 is 24.3 Å². The van der Waals surface area contributed by atoms with Gasteiger partial charge >= 0.3 is 11.9 Å². The lowest BCUT2D eigenvalue weighted by Gasteiger charge is -2.42. The molecule has 1 N–H and O–H groups in total. The molecule has 0 radical (unpaired) electrons. The predicted molar refractivity (Wildman–Crippen MR) is 86.8 cm³/mol. The number of aliphatic hydroxyl groups excluding tert-OH is 1. The van der Waals surface area contributed by atoms with Crippen LogP contribution in [0.15, 0.2) is 35.1 Å². The number of ether oxygens (including phenoxy) is 3. The van der Waals surface area contributed by atoms with Gasteiger partial charge in [-0.15, -0.1) is 0 Å². The van der Waals surface area contributed by atoms with Crippen LogP contribution in [0, 0.1) is 17.3 Å². The molecule has 6 heteroatoms. The van der Waals surface area contributed by atoms with E-state index in [1.807, 2.05) is 6.08 Å². The lowest BCUT2D eigenvalue weighted by Crippen LogP contribution is -2.41. The van der Waals surface area contributed by atoms with Crippen LogP contribution in [-0.2, 0) is 23.8 Å². The maximum atomic E-state index is 12.3. The van der Waals surface area contributed by atoms with Gasteiger partial charge in [-0.2, -0.15) is 0 Å². The van der Waals surface area contributed by atoms with Crippen molar-refractivity contribution >= 4 is 11.9 Å². The third-order valence-electron chi connectivity index (χ3n) is 5.80. The van der Waals surface area contributed by atoms with Gasteiger partial charge in [0.05, 0.1) is 23.9 Å². The normalized spacial score (nSPS) is 40.2. The Kier molecular flexibility index (Phi) is 3.58. The van der Waals surface area contributed by atoms with Gasteiger partial charge in [-0.05, 0) is 30.8 Å². The zero-order chi connectivity index (χ0) is 17.9. The van der Waals surface area contributed by atoms with E-state index in [-0.39, 0.29) is 23.4 Å². The van der Waals surface area contributed by atoms with E-state index in [0.29, 0.717) is 11.1 Å². The molecule has 0 unspecified atom stereocenters. The molecular formula is C19H22O6. The summed E-state index contributed by atoms with van der Waals surface area (Å²) in [7, 11) is 0. The molecule has 1 saturated carbocycles. The molecule has 6 nitrogen and oxygen atoms in total. The molecule has 5 atom stereocenters. The van der Waals surface area contributed by atoms with Crippen LogP contribution in [0.4, 0.5) is 0 Å². The monoisotopic (exact) mass is 346 g/mol. The van der Waals surface area contributed by atoms with Crippen LogP contribution < -0.4 is 0 Å². The van der Waals surface area contributed by atoms with Crippen LogP contribution in [0.3, 0.4) is 0 Å². The van der Waals surface area contributed by atoms with Crippen molar-refractivity contribution in [2.75, 3.05) is 0 Å². The second-order valence-electron chi connectivity index (χ2n) is 7.92. The first-order valence-electron chi connectivity index (χ1n) is 8.63.